The van der Waals surface area contributed by atoms with Crippen molar-refractivity contribution in [1.82, 2.24) is 19.4 Å². The first-order chi connectivity index (χ1) is 13.7. The van der Waals surface area contributed by atoms with Gasteiger partial charge in [-0.15, -0.1) is 11.3 Å². The normalized spacial score (nSPS) is 16.4. The summed E-state index contributed by atoms with van der Waals surface area (Å²) in [4.78, 5) is 32.0. The number of alkyl halides is 2. The number of rotatable bonds is 4. The summed E-state index contributed by atoms with van der Waals surface area (Å²) in [5.41, 5.74) is 3.33. The Labute approximate surface area is 169 Å². The maximum Gasteiger partial charge on any atom is 0.282 e. The van der Waals surface area contributed by atoms with Crippen LogP contribution in [-0.4, -0.2) is 25.3 Å². The van der Waals surface area contributed by atoms with Crippen molar-refractivity contribution in [1.29, 1.82) is 0 Å². The van der Waals surface area contributed by atoms with Gasteiger partial charge in [-0.25, -0.2) is 18.4 Å². The maximum atomic E-state index is 13.1. The molecule has 1 amide bonds. The van der Waals surface area contributed by atoms with Crippen molar-refractivity contribution in [2.75, 3.05) is 5.43 Å². The molecule has 0 aromatic carbocycles. The average molecular weight is 421 g/mol. The summed E-state index contributed by atoms with van der Waals surface area (Å²) in [6.07, 6.45) is 0.0744. The van der Waals surface area contributed by atoms with Gasteiger partial charge in [-0.3, -0.25) is 19.7 Å². The van der Waals surface area contributed by atoms with Crippen LogP contribution in [0.5, 0.6) is 0 Å². The quantitative estimate of drug-likeness (QED) is 0.702. The maximum absolute atomic E-state index is 13.1. The van der Waals surface area contributed by atoms with Crippen LogP contribution in [-0.2, 0) is 24.2 Å². The van der Waals surface area contributed by atoms with Gasteiger partial charge in [0, 0.05) is 10.6 Å². The smallest absolute Gasteiger partial charge is 0.271 e. The van der Waals surface area contributed by atoms with Crippen LogP contribution in [0.4, 0.5) is 8.78 Å². The zero-order valence-electron chi connectivity index (χ0n) is 16.3. The van der Waals surface area contributed by atoms with Crippen molar-refractivity contribution in [3.63, 3.8) is 0 Å². The van der Waals surface area contributed by atoms with Crippen LogP contribution in [0.15, 0.2) is 10.9 Å². The van der Waals surface area contributed by atoms with E-state index in [1.807, 2.05) is 0 Å². The van der Waals surface area contributed by atoms with Crippen molar-refractivity contribution in [3.05, 3.63) is 44.1 Å². The molecule has 0 saturated carbocycles. The average Bonchev–Trinajstić information content (AvgIpc) is 3.18. The number of hydrogen-bond acceptors (Lipinski definition) is 5. The van der Waals surface area contributed by atoms with Crippen molar-refractivity contribution in [2.24, 2.45) is 5.92 Å². The van der Waals surface area contributed by atoms with Gasteiger partial charge in [0.05, 0.1) is 5.39 Å². The van der Waals surface area contributed by atoms with Gasteiger partial charge in [0.1, 0.15) is 22.9 Å². The van der Waals surface area contributed by atoms with Gasteiger partial charge < -0.3 is 0 Å². The Bertz CT molecular complexity index is 1160. The van der Waals surface area contributed by atoms with Crippen LogP contribution >= 0.6 is 11.3 Å². The highest BCUT2D eigenvalue weighted by molar-refractivity contribution is 7.18. The van der Waals surface area contributed by atoms with Crippen molar-refractivity contribution >= 4 is 27.5 Å². The molecule has 1 aliphatic carbocycles. The summed E-state index contributed by atoms with van der Waals surface area (Å²) in [7, 11) is 0. The minimum Gasteiger partial charge on any atom is -0.271 e. The molecule has 10 heteroatoms. The van der Waals surface area contributed by atoms with E-state index in [2.05, 4.69) is 22.4 Å². The molecule has 154 valence electrons. The third kappa shape index (κ3) is 3.57. The molecule has 3 aromatic heterocycles. The highest BCUT2D eigenvalue weighted by Gasteiger charge is 2.24. The van der Waals surface area contributed by atoms with E-state index in [1.54, 1.807) is 25.2 Å². The van der Waals surface area contributed by atoms with E-state index < -0.39 is 12.3 Å². The summed E-state index contributed by atoms with van der Waals surface area (Å²) in [5, 5.41) is 4.31. The Morgan fingerprint density at radius 2 is 2.17 bits per heavy atom. The molecule has 4 rings (SSSR count). The lowest BCUT2D eigenvalue weighted by atomic mass is 9.89. The molecule has 29 heavy (non-hydrogen) atoms. The summed E-state index contributed by atoms with van der Waals surface area (Å²) in [6, 6.07) is 1.24. The van der Waals surface area contributed by atoms with Crippen LogP contribution in [0.2, 0.25) is 0 Å². The van der Waals surface area contributed by atoms with Gasteiger partial charge in [-0.1, -0.05) is 6.92 Å². The van der Waals surface area contributed by atoms with E-state index in [0.29, 0.717) is 27.7 Å². The minimum atomic E-state index is -2.71. The topological polar surface area (TPSA) is 81.8 Å². The molecule has 0 spiro atoms. The fourth-order valence-electron chi connectivity index (χ4n) is 3.72. The third-order valence-corrected chi connectivity index (χ3v) is 6.40. The SMILES string of the molecule is Cc1cc(C(F)F)nn1CC(=O)Nn1c(C)nc2sc3c(c2c1=O)CC[C@@H](C)C3. The van der Waals surface area contributed by atoms with E-state index in [-0.39, 0.29) is 17.8 Å². The van der Waals surface area contributed by atoms with Gasteiger partial charge >= 0.3 is 0 Å². The second-order valence-electron chi connectivity index (χ2n) is 7.54. The Balaban J connectivity index is 1.64. The van der Waals surface area contributed by atoms with Gasteiger partial charge in [0.15, 0.2) is 0 Å². The first-order valence-electron chi connectivity index (χ1n) is 9.40. The molecule has 1 aliphatic rings. The van der Waals surface area contributed by atoms with Crippen LogP contribution in [0, 0.1) is 19.8 Å². The molecule has 0 unspecified atom stereocenters. The Kier molecular flexibility index (Phi) is 4.97. The summed E-state index contributed by atoms with van der Waals surface area (Å²) in [5.74, 6) is 0.406. The van der Waals surface area contributed by atoms with Gasteiger partial charge in [-0.05, 0) is 50.7 Å². The number of aryl methyl sites for hydroxylation is 3. The molecular formula is C19H21F2N5O2S. The van der Waals surface area contributed by atoms with Gasteiger partial charge in [0.25, 0.3) is 17.9 Å². The Morgan fingerprint density at radius 3 is 2.86 bits per heavy atom. The van der Waals surface area contributed by atoms with E-state index in [4.69, 9.17) is 0 Å². The number of carbonyl (C=O) groups excluding carboxylic acids is 1. The summed E-state index contributed by atoms with van der Waals surface area (Å²) >= 11 is 1.55. The van der Waals surface area contributed by atoms with Crippen LogP contribution < -0.4 is 11.0 Å². The van der Waals surface area contributed by atoms with Gasteiger partial charge in [0.2, 0.25) is 0 Å². The first kappa shape index (κ1) is 19.7. The number of nitrogens with zero attached hydrogens (tertiary/aromatic N) is 4. The largest absolute Gasteiger partial charge is 0.282 e. The molecule has 0 aliphatic heterocycles. The Morgan fingerprint density at radius 1 is 1.41 bits per heavy atom. The third-order valence-electron chi connectivity index (χ3n) is 5.25. The lowest BCUT2D eigenvalue weighted by Crippen LogP contribution is -2.37. The fourth-order valence-corrected chi connectivity index (χ4v) is 5.14. The molecule has 1 N–H and O–H groups in total. The van der Waals surface area contributed by atoms with E-state index >= 15 is 0 Å². The molecule has 0 radical (unpaired) electrons. The molecule has 0 bridgehead atoms. The minimum absolute atomic E-state index is 0.276. The number of carbonyl (C=O) groups is 1. The van der Waals surface area contributed by atoms with Gasteiger partial charge in [-0.2, -0.15) is 5.10 Å². The number of nitrogens with one attached hydrogen (secondary N) is 1. The van der Waals surface area contributed by atoms with E-state index in [9.17, 15) is 18.4 Å². The second-order valence-corrected chi connectivity index (χ2v) is 8.62. The number of amides is 1. The van der Waals surface area contributed by atoms with Crippen LogP contribution in [0.3, 0.4) is 0 Å². The summed E-state index contributed by atoms with van der Waals surface area (Å²) in [6.45, 7) is 5.16. The first-order valence-corrected chi connectivity index (χ1v) is 10.2. The summed E-state index contributed by atoms with van der Waals surface area (Å²) < 4.78 is 27.9. The molecule has 1 atom stereocenters. The molecule has 0 fully saturated rings. The lowest BCUT2D eigenvalue weighted by molar-refractivity contribution is -0.117. The molecular weight excluding hydrogens is 400 g/mol. The van der Waals surface area contributed by atoms with E-state index in [1.165, 1.54) is 15.6 Å². The monoisotopic (exact) mass is 421 g/mol. The van der Waals surface area contributed by atoms with Crippen molar-refractivity contribution in [3.8, 4) is 0 Å². The number of halogens is 2. The predicted molar refractivity (Wildman–Crippen MR) is 106 cm³/mol. The predicted octanol–water partition coefficient (Wildman–Crippen LogP) is 3.10. The molecule has 0 saturated heterocycles. The van der Waals surface area contributed by atoms with Crippen molar-refractivity contribution in [2.45, 2.75) is 53.0 Å². The highest BCUT2D eigenvalue weighted by atomic mass is 32.1. The molecule has 3 heterocycles. The number of hydrogen-bond donors (Lipinski definition) is 1. The van der Waals surface area contributed by atoms with Crippen molar-refractivity contribution < 1.29 is 13.6 Å². The zero-order chi connectivity index (χ0) is 20.9. The van der Waals surface area contributed by atoms with Crippen LogP contribution in [0.1, 0.15) is 47.4 Å². The number of thiophene rings is 1. The molecule has 7 nitrogen and oxygen atoms in total. The Hall–Kier alpha value is -2.62. The standard InChI is InChI=1S/C19H21F2N5O2S/c1-9-4-5-12-14(6-9)29-18-16(12)19(28)26(11(3)22-18)24-15(27)8-25-10(2)7-13(23-25)17(20)21/h7,9,17H,4-6,8H2,1-3H3,(H,24,27)/t9-/m1/s1. The fraction of sp³-hybridized carbons (Fsp3) is 0.474. The number of aromatic nitrogens is 4. The zero-order valence-corrected chi connectivity index (χ0v) is 17.1. The van der Waals surface area contributed by atoms with E-state index in [0.717, 1.165) is 29.5 Å². The molecule has 3 aromatic rings. The second kappa shape index (κ2) is 7.33. The number of fused-ring (bicyclic) bond motifs is 3. The van der Waals surface area contributed by atoms with Crippen LogP contribution in [0.25, 0.3) is 10.2 Å². The lowest BCUT2D eigenvalue weighted by Gasteiger charge is -2.17. The highest BCUT2D eigenvalue weighted by Crippen LogP contribution is 2.35.